The Balaban J connectivity index is 2.33. The van der Waals surface area contributed by atoms with E-state index in [9.17, 15) is 8.42 Å². The van der Waals surface area contributed by atoms with Crippen molar-refractivity contribution in [2.75, 3.05) is 12.0 Å². The van der Waals surface area contributed by atoms with Crippen LogP contribution in [0.1, 0.15) is 25.3 Å². The molecule has 21 heavy (non-hydrogen) atoms. The van der Waals surface area contributed by atoms with Gasteiger partial charge < -0.3 is 5.73 Å². The molecule has 0 aliphatic heterocycles. The highest BCUT2D eigenvalue weighted by Gasteiger charge is 2.14. The second-order valence-electron chi connectivity index (χ2n) is 4.98. The van der Waals surface area contributed by atoms with Gasteiger partial charge in [0.15, 0.2) is 9.84 Å². The topological polar surface area (TPSA) is 85.9 Å². The molecule has 0 saturated heterocycles. The van der Waals surface area contributed by atoms with Crippen LogP contribution in [0.3, 0.4) is 0 Å². The van der Waals surface area contributed by atoms with Gasteiger partial charge in [-0.15, -0.1) is 0 Å². The lowest BCUT2D eigenvalue weighted by Gasteiger charge is -2.12. The highest BCUT2D eigenvalue weighted by atomic mass is 32.2. The molecule has 0 saturated carbocycles. The molecule has 0 spiro atoms. The van der Waals surface area contributed by atoms with Gasteiger partial charge in [0, 0.05) is 16.7 Å². The van der Waals surface area contributed by atoms with E-state index in [-0.39, 0.29) is 5.92 Å². The quantitative estimate of drug-likeness (QED) is 0.871. The number of anilines is 1. The average molecular weight is 323 g/mol. The van der Waals surface area contributed by atoms with Gasteiger partial charge in [0.05, 0.1) is 4.90 Å². The van der Waals surface area contributed by atoms with Crippen molar-refractivity contribution in [2.24, 2.45) is 0 Å². The molecular weight excluding hydrogens is 306 g/mol. The van der Waals surface area contributed by atoms with E-state index in [1.54, 1.807) is 24.3 Å². The van der Waals surface area contributed by atoms with E-state index >= 15 is 0 Å². The summed E-state index contributed by atoms with van der Waals surface area (Å²) < 4.78 is 22.9. The van der Waals surface area contributed by atoms with Gasteiger partial charge in [-0.25, -0.2) is 18.4 Å². The summed E-state index contributed by atoms with van der Waals surface area (Å²) in [7, 11) is -3.18. The molecule has 1 aromatic heterocycles. The minimum absolute atomic E-state index is 0.212. The van der Waals surface area contributed by atoms with Crippen molar-refractivity contribution in [1.82, 2.24) is 9.97 Å². The summed E-state index contributed by atoms with van der Waals surface area (Å²) in [5.74, 6) is 0.694. The maximum atomic E-state index is 11.4. The van der Waals surface area contributed by atoms with Crippen LogP contribution in [0.5, 0.6) is 0 Å². The zero-order chi connectivity index (χ0) is 15.6. The summed E-state index contributed by atoms with van der Waals surface area (Å²) in [5, 5.41) is 0.796. The molecule has 0 fully saturated rings. The number of nitrogen functional groups attached to an aromatic ring is 1. The first-order valence-corrected chi connectivity index (χ1v) is 9.08. The van der Waals surface area contributed by atoms with Crippen LogP contribution in [0.15, 0.2) is 45.4 Å². The molecule has 0 atom stereocenters. The first kappa shape index (κ1) is 15.8. The van der Waals surface area contributed by atoms with Crippen LogP contribution in [0, 0.1) is 0 Å². The zero-order valence-electron chi connectivity index (χ0n) is 12.1. The molecule has 1 heterocycles. The van der Waals surface area contributed by atoms with E-state index < -0.39 is 9.84 Å². The monoisotopic (exact) mass is 323 g/mol. The number of benzene rings is 1. The van der Waals surface area contributed by atoms with Crippen LogP contribution in [0.4, 0.5) is 5.82 Å². The van der Waals surface area contributed by atoms with Crippen molar-refractivity contribution in [2.45, 2.75) is 34.6 Å². The fourth-order valence-electron chi connectivity index (χ4n) is 1.88. The lowest BCUT2D eigenvalue weighted by molar-refractivity contribution is 0.602. The van der Waals surface area contributed by atoms with E-state index in [0.29, 0.717) is 10.7 Å². The summed E-state index contributed by atoms with van der Waals surface area (Å²) >= 11 is 1.45. The Morgan fingerprint density at radius 2 is 1.76 bits per heavy atom. The SMILES string of the molecule is CC(C)c1c(N)ncnc1Sc1ccc(S(C)(=O)=O)cc1. The number of rotatable bonds is 4. The van der Waals surface area contributed by atoms with Gasteiger partial charge in [0.25, 0.3) is 0 Å². The average Bonchev–Trinajstić information content (AvgIpc) is 2.38. The van der Waals surface area contributed by atoms with Crippen LogP contribution >= 0.6 is 11.8 Å². The predicted molar refractivity (Wildman–Crippen MR) is 84.2 cm³/mol. The maximum Gasteiger partial charge on any atom is 0.175 e. The largest absolute Gasteiger partial charge is 0.383 e. The molecule has 7 heteroatoms. The minimum Gasteiger partial charge on any atom is -0.383 e. The van der Waals surface area contributed by atoms with Crippen LogP contribution < -0.4 is 5.73 Å². The van der Waals surface area contributed by atoms with Crippen molar-refractivity contribution in [1.29, 1.82) is 0 Å². The molecule has 5 nitrogen and oxygen atoms in total. The van der Waals surface area contributed by atoms with E-state index in [1.165, 1.54) is 24.3 Å². The van der Waals surface area contributed by atoms with E-state index in [2.05, 4.69) is 9.97 Å². The van der Waals surface area contributed by atoms with Crippen molar-refractivity contribution in [3.63, 3.8) is 0 Å². The highest BCUT2D eigenvalue weighted by molar-refractivity contribution is 7.99. The lowest BCUT2D eigenvalue weighted by atomic mass is 10.1. The Labute approximate surface area is 128 Å². The molecule has 2 N–H and O–H groups in total. The third kappa shape index (κ3) is 3.74. The fraction of sp³-hybridized carbons (Fsp3) is 0.286. The molecular formula is C14H17N3O2S2. The molecule has 112 valence electrons. The Morgan fingerprint density at radius 3 is 2.29 bits per heavy atom. The molecule has 0 unspecified atom stereocenters. The van der Waals surface area contributed by atoms with Gasteiger partial charge in [-0.1, -0.05) is 25.6 Å². The first-order chi connectivity index (χ1) is 9.79. The smallest absolute Gasteiger partial charge is 0.175 e. The number of hydrogen-bond acceptors (Lipinski definition) is 6. The van der Waals surface area contributed by atoms with Crippen molar-refractivity contribution >= 4 is 27.4 Å². The molecule has 0 amide bonds. The fourth-order valence-corrected chi connectivity index (χ4v) is 3.56. The van der Waals surface area contributed by atoms with E-state index in [0.717, 1.165) is 15.5 Å². The van der Waals surface area contributed by atoms with Crippen molar-refractivity contribution < 1.29 is 8.42 Å². The summed E-state index contributed by atoms with van der Waals surface area (Å²) in [6, 6.07) is 6.72. The van der Waals surface area contributed by atoms with Crippen LogP contribution in [0.25, 0.3) is 0 Å². The molecule has 0 aliphatic rings. The number of sulfone groups is 1. The predicted octanol–water partition coefficient (Wildman–Crippen LogP) is 2.74. The Morgan fingerprint density at radius 1 is 1.14 bits per heavy atom. The summed E-state index contributed by atoms with van der Waals surface area (Å²) in [5.41, 5.74) is 6.83. The van der Waals surface area contributed by atoms with Gasteiger partial charge in [0.1, 0.15) is 17.2 Å². The summed E-state index contributed by atoms with van der Waals surface area (Å²) in [6.07, 6.45) is 2.63. The Bertz CT molecular complexity index is 741. The van der Waals surface area contributed by atoms with Crippen LogP contribution in [-0.4, -0.2) is 24.6 Å². The Kier molecular flexibility index (Phi) is 4.53. The Hall–Kier alpha value is -1.60. The standard InChI is InChI=1S/C14H17N3O2S2/c1-9(2)12-13(15)16-8-17-14(12)20-10-4-6-11(7-5-10)21(3,18)19/h4-9H,1-3H3,(H2,15,16,17). The third-order valence-corrected chi connectivity index (χ3v) is 5.08. The van der Waals surface area contributed by atoms with Crippen molar-refractivity contribution in [3.8, 4) is 0 Å². The molecule has 0 bridgehead atoms. The summed E-state index contributed by atoms with van der Waals surface area (Å²) in [6.45, 7) is 4.07. The van der Waals surface area contributed by atoms with Crippen LogP contribution in [-0.2, 0) is 9.84 Å². The third-order valence-electron chi connectivity index (χ3n) is 2.92. The minimum atomic E-state index is -3.18. The van der Waals surface area contributed by atoms with E-state index in [4.69, 9.17) is 5.73 Å². The van der Waals surface area contributed by atoms with Gasteiger partial charge in [-0.2, -0.15) is 0 Å². The molecule has 0 radical (unpaired) electrons. The number of aromatic nitrogens is 2. The molecule has 2 aromatic rings. The van der Waals surface area contributed by atoms with Gasteiger partial charge >= 0.3 is 0 Å². The van der Waals surface area contributed by atoms with Gasteiger partial charge in [0.2, 0.25) is 0 Å². The van der Waals surface area contributed by atoms with Gasteiger partial charge in [-0.05, 0) is 30.2 Å². The molecule has 0 aliphatic carbocycles. The number of nitrogens with zero attached hydrogens (tertiary/aromatic N) is 2. The highest BCUT2D eigenvalue weighted by Crippen LogP contribution is 2.34. The second-order valence-corrected chi connectivity index (χ2v) is 8.06. The zero-order valence-corrected chi connectivity index (χ0v) is 13.7. The molecule has 2 rings (SSSR count). The van der Waals surface area contributed by atoms with Crippen molar-refractivity contribution in [3.05, 3.63) is 36.2 Å². The van der Waals surface area contributed by atoms with E-state index in [1.807, 2.05) is 13.8 Å². The molecule has 1 aromatic carbocycles. The number of nitrogens with two attached hydrogens (primary N) is 1. The normalized spacial score (nSPS) is 11.8. The van der Waals surface area contributed by atoms with Crippen LogP contribution in [0.2, 0.25) is 0 Å². The lowest BCUT2D eigenvalue weighted by Crippen LogP contribution is -2.03. The second kappa shape index (κ2) is 6.03. The number of hydrogen-bond donors (Lipinski definition) is 1. The first-order valence-electron chi connectivity index (χ1n) is 6.37. The maximum absolute atomic E-state index is 11.4. The summed E-state index contributed by atoms with van der Waals surface area (Å²) in [4.78, 5) is 9.51. The van der Waals surface area contributed by atoms with Gasteiger partial charge in [-0.3, -0.25) is 0 Å².